The largest absolute Gasteiger partial charge is 0.311 e. The zero-order chi connectivity index (χ0) is 19.8. The Morgan fingerprint density at radius 3 is 2.72 bits per heavy atom. The zero-order valence-electron chi connectivity index (χ0n) is 15.7. The number of hydrogen-bond acceptors (Lipinski definition) is 8. The predicted octanol–water partition coefficient (Wildman–Crippen LogP) is 3.67. The van der Waals surface area contributed by atoms with Crippen LogP contribution >= 0.6 is 23.5 Å². The Morgan fingerprint density at radius 1 is 0.966 bits per heavy atom. The normalized spacial score (nSPS) is 11.5. The lowest BCUT2D eigenvalue weighted by atomic mass is 10.2. The van der Waals surface area contributed by atoms with E-state index in [1.165, 1.54) is 11.8 Å². The molecule has 144 valence electrons. The first-order valence-electron chi connectivity index (χ1n) is 9.01. The first kappa shape index (κ1) is 18.1. The Hall–Kier alpha value is -2.98. The third kappa shape index (κ3) is 3.45. The summed E-state index contributed by atoms with van der Waals surface area (Å²) in [5.41, 5.74) is 2.67. The van der Waals surface area contributed by atoms with E-state index >= 15 is 0 Å². The fraction of sp³-hybridized carbons (Fsp3) is 0.158. The highest BCUT2D eigenvalue weighted by molar-refractivity contribution is 7.99. The van der Waals surface area contributed by atoms with Gasteiger partial charge < -0.3 is 4.57 Å². The molecule has 0 saturated carbocycles. The highest BCUT2D eigenvalue weighted by Crippen LogP contribution is 2.35. The summed E-state index contributed by atoms with van der Waals surface area (Å²) in [4.78, 5) is 6.61. The molecule has 0 aliphatic rings. The average Bonchev–Trinajstić information content (AvgIpc) is 3.34. The van der Waals surface area contributed by atoms with Gasteiger partial charge in [0.1, 0.15) is 6.33 Å². The lowest BCUT2D eigenvalue weighted by Gasteiger charge is -2.07. The molecular weight excluding hydrogens is 404 g/mol. The van der Waals surface area contributed by atoms with Crippen molar-refractivity contribution in [1.29, 1.82) is 0 Å². The molecule has 0 amide bonds. The quantitative estimate of drug-likeness (QED) is 0.426. The average molecular weight is 421 g/mol. The molecule has 4 heterocycles. The molecule has 0 unspecified atom stereocenters. The van der Waals surface area contributed by atoms with Crippen LogP contribution in [0.3, 0.4) is 0 Å². The van der Waals surface area contributed by atoms with Crippen molar-refractivity contribution in [2.45, 2.75) is 33.4 Å². The minimum absolute atomic E-state index is 0.737. The maximum Gasteiger partial charge on any atom is 0.217 e. The molecule has 0 aliphatic heterocycles. The Kier molecular flexibility index (Phi) is 4.64. The third-order valence-electron chi connectivity index (χ3n) is 4.40. The van der Waals surface area contributed by atoms with Gasteiger partial charge in [0.25, 0.3) is 0 Å². The SMILES string of the molecule is CCc1ccc2nnc(Sc3ccc4nccc(Sc5nncn5C)c4c3)n2n1. The summed E-state index contributed by atoms with van der Waals surface area (Å²) in [5, 5.41) is 23.9. The number of hydrogen-bond donors (Lipinski definition) is 0. The molecule has 29 heavy (non-hydrogen) atoms. The van der Waals surface area contributed by atoms with Crippen LogP contribution in [0.15, 0.2) is 69.0 Å². The van der Waals surface area contributed by atoms with Crippen molar-refractivity contribution in [3.63, 3.8) is 0 Å². The van der Waals surface area contributed by atoms with Gasteiger partial charge in [-0.25, -0.2) is 0 Å². The number of aryl methyl sites for hydroxylation is 2. The molecule has 0 spiro atoms. The second-order valence-electron chi connectivity index (χ2n) is 6.35. The molecule has 0 radical (unpaired) electrons. The molecule has 5 rings (SSSR count). The molecule has 0 atom stereocenters. The van der Waals surface area contributed by atoms with Gasteiger partial charge >= 0.3 is 0 Å². The molecule has 5 aromatic rings. The van der Waals surface area contributed by atoms with E-state index < -0.39 is 0 Å². The predicted molar refractivity (Wildman–Crippen MR) is 111 cm³/mol. The van der Waals surface area contributed by atoms with Crippen molar-refractivity contribution in [2.75, 3.05) is 0 Å². The minimum atomic E-state index is 0.737. The van der Waals surface area contributed by atoms with Crippen molar-refractivity contribution in [1.82, 2.24) is 39.6 Å². The Labute approximate surface area is 174 Å². The van der Waals surface area contributed by atoms with Crippen molar-refractivity contribution in [2.24, 2.45) is 7.05 Å². The second kappa shape index (κ2) is 7.45. The van der Waals surface area contributed by atoms with Crippen LogP contribution in [0.4, 0.5) is 0 Å². The van der Waals surface area contributed by atoms with E-state index in [0.29, 0.717) is 0 Å². The summed E-state index contributed by atoms with van der Waals surface area (Å²) in [7, 11) is 1.93. The van der Waals surface area contributed by atoms with E-state index in [9.17, 15) is 0 Å². The van der Waals surface area contributed by atoms with Crippen LogP contribution in [-0.4, -0.2) is 39.6 Å². The van der Waals surface area contributed by atoms with Crippen LogP contribution < -0.4 is 0 Å². The summed E-state index contributed by atoms with van der Waals surface area (Å²) in [6, 6.07) is 12.1. The van der Waals surface area contributed by atoms with Crippen molar-refractivity contribution in [3.8, 4) is 0 Å². The van der Waals surface area contributed by atoms with Crippen LogP contribution in [0.1, 0.15) is 12.6 Å². The van der Waals surface area contributed by atoms with Crippen molar-refractivity contribution in [3.05, 3.63) is 54.6 Å². The van der Waals surface area contributed by atoms with Gasteiger partial charge in [-0.15, -0.1) is 20.4 Å². The van der Waals surface area contributed by atoms with Crippen LogP contribution in [0.5, 0.6) is 0 Å². The van der Waals surface area contributed by atoms with Gasteiger partial charge in [0.15, 0.2) is 10.8 Å². The minimum Gasteiger partial charge on any atom is -0.311 e. The first-order valence-corrected chi connectivity index (χ1v) is 10.6. The van der Waals surface area contributed by atoms with E-state index in [4.69, 9.17) is 0 Å². The fourth-order valence-electron chi connectivity index (χ4n) is 2.88. The maximum absolute atomic E-state index is 4.63. The highest BCUT2D eigenvalue weighted by Gasteiger charge is 2.12. The first-order chi connectivity index (χ1) is 14.2. The number of aromatic nitrogens is 8. The Bertz CT molecular complexity index is 1330. The van der Waals surface area contributed by atoms with Gasteiger partial charge in [0.05, 0.1) is 11.2 Å². The zero-order valence-corrected chi connectivity index (χ0v) is 17.4. The standard InChI is InChI=1S/C19H16N8S2/c1-3-12-4-7-17-22-24-19(27(17)25-12)28-13-5-6-15-14(10-13)16(8-9-20-15)29-18-23-21-11-26(18)2/h4-11H,3H2,1-2H3. The molecule has 8 nitrogen and oxygen atoms in total. The second-order valence-corrected chi connectivity index (χ2v) is 8.40. The molecule has 10 heteroatoms. The smallest absolute Gasteiger partial charge is 0.217 e. The van der Waals surface area contributed by atoms with Gasteiger partial charge in [0, 0.05) is 28.4 Å². The van der Waals surface area contributed by atoms with E-state index in [1.54, 1.807) is 22.6 Å². The van der Waals surface area contributed by atoms with Gasteiger partial charge in [-0.1, -0.05) is 6.92 Å². The summed E-state index contributed by atoms with van der Waals surface area (Å²) in [6.45, 7) is 2.08. The summed E-state index contributed by atoms with van der Waals surface area (Å²) >= 11 is 3.10. The van der Waals surface area contributed by atoms with Gasteiger partial charge in [-0.05, 0) is 66.3 Å². The number of nitrogens with zero attached hydrogens (tertiary/aromatic N) is 8. The molecule has 4 aromatic heterocycles. The molecule has 0 bridgehead atoms. The lowest BCUT2D eigenvalue weighted by molar-refractivity contribution is 0.775. The van der Waals surface area contributed by atoms with Crippen LogP contribution in [0.2, 0.25) is 0 Å². The number of benzene rings is 1. The topological polar surface area (TPSA) is 86.7 Å². The van der Waals surface area contributed by atoms with E-state index in [0.717, 1.165) is 48.8 Å². The number of pyridine rings is 1. The summed E-state index contributed by atoms with van der Waals surface area (Å²) in [6.07, 6.45) is 4.37. The molecule has 1 aromatic carbocycles. The Balaban J connectivity index is 1.53. The van der Waals surface area contributed by atoms with E-state index in [2.05, 4.69) is 43.5 Å². The monoisotopic (exact) mass is 420 g/mol. The Morgan fingerprint density at radius 2 is 1.90 bits per heavy atom. The van der Waals surface area contributed by atoms with Crippen molar-refractivity contribution >= 4 is 40.1 Å². The van der Waals surface area contributed by atoms with Gasteiger partial charge in [-0.2, -0.15) is 9.61 Å². The summed E-state index contributed by atoms with van der Waals surface area (Å²) < 4.78 is 3.70. The van der Waals surface area contributed by atoms with Crippen LogP contribution in [0, 0.1) is 0 Å². The van der Waals surface area contributed by atoms with Crippen LogP contribution in [-0.2, 0) is 13.5 Å². The molecule has 0 fully saturated rings. The van der Waals surface area contributed by atoms with Gasteiger partial charge in [-0.3, -0.25) is 4.98 Å². The third-order valence-corrected chi connectivity index (χ3v) is 6.46. The lowest BCUT2D eigenvalue weighted by Crippen LogP contribution is -1.98. The van der Waals surface area contributed by atoms with E-state index in [-0.39, 0.29) is 0 Å². The molecular formula is C19H16N8S2. The summed E-state index contributed by atoms with van der Waals surface area (Å²) in [5.74, 6) is 0. The van der Waals surface area contributed by atoms with Crippen molar-refractivity contribution < 1.29 is 0 Å². The fourth-order valence-corrected chi connectivity index (χ4v) is 4.59. The molecule has 0 N–H and O–H groups in total. The maximum atomic E-state index is 4.63. The van der Waals surface area contributed by atoms with Gasteiger partial charge in [0.2, 0.25) is 5.16 Å². The number of fused-ring (bicyclic) bond motifs is 2. The number of rotatable bonds is 5. The van der Waals surface area contributed by atoms with E-state index in [1.807, 2.05) is 48.1 Å². The molecule has 0 aliphatic carbocycles. The highest BCUT2D eigenvalue weighted by atomic mass is 32.2. The van der Waals surface area contributed by atoms with Crippen LogP contribution in [0.25, 0.3) is 16.6 Å². The molecule has 0 saturated heterocycles.